The number of rotatable bonds is 3. The zero-order chi connectivity index (χ0) is 17.8. The predicted molar refractivity (Wildman–Crippen MR) is 101 cm³/mol. The second kappa shape index (κ2) is 5.91. The van der Waals surface area contributed by atoms with Gasteiger partial charge in [0.2, 0.25) is 0 Å². The molecule has 1 aliphatic heterocycles. The van der Waals surface area contributed by atoms with Crippen molar-refractivity contribution in [2.24, 2.45) is 0 Å². The van der Waals surface area contributed by atoms with Crippen molar-refractivity contribution >= 4 is 28.3 Å². The van der Waals surface area contributed by atoms with E-state index in [1.165, 1.54) is 10.4 Å². The highest BCUT2D eigenvalue weighted by molar-refractivity contribution is 7.10. The van der Waals surface area contributed by atoms with E-state index < -0.39 is 0 Å². The van der Waals surface area contributed by atoms with Crippen LogP contribution in [0.25, 0.3) is 11.1 Å². The molecular formula is C20H21N3O2S. The molecule has 4 heterocycles. The van der Waals surface area contributed by atoms with Crippen LogP contribution in [-0.4, -0.2) is 27.5 Å². The topological polar surface area (TPSA) is 59.2 Å². The van der Waals surface area contributed by atoms with Gasteiger partial charge < -0.3 is 9.42 Å². The van der Waals surface area contributed by atoms with Crippen molar-refractivity contribution in [1.29, 1.82) is 0 Å². The van der Waals surface area contributed by atoms with E-state index in [1.54, 1.807) is 11.3 Å². The number of hydrogen-bond acceptors (Lipinski definition) is 5. The van der Waals surface area contributed by atoms with Gasteiger partial charge in [0.15, 0.2) is 0 Å². The fourth-order valence-corrected chi connectivity index (χ4v) is 5.03. The summed E-state index contributed by atoms with van der Waals surface area (Å²) in [6, 6.07) is 4.31. The normalized spacial score (nSPS) is 19.8. The third-order valence-electron chi connectivity index (χ3n) is 5.61. The number of carbonyl (C=O) groups is 1. The smallest absolute Gasteiger partial charge is 0.259 e. The Morgan fingerprint density at radius 3 is 3.04 bits per heavy atom. The monoisotopic (exact) mass is 367 g/mol. The minimum absolute atomic E-state index is 0.0781. The largest absolute Gasteiger partial charge is 0.336 e. The first-order valence-electron chi connectivity index (χ1n) is 9.31. The van der Waals surface area contributed by atoms with Crippen LogP contribution in [0.15, 0.2) is 22.0 Å². The predicted octanol–water partition coefficient (Wildman–Crippen LogP) is 4.62. The average Bonchev–Trinajstić information content (AvgIpc) is 3.29. The van der Waals surface area contributed by atoms with Gasteiger partial charge in [-0.3, -0.25) is 4.79 Å². The molecule has 0 unspecified atom stereocenters. The number of aryl methyl sites for hydroxylation is 1. The molecule has 0 radical (unpaired) electrons. The van der Waals surface area contributed by atoms with Gasteiger partial charge in [0.05, 0.1) is 22.7 Å². The maximum Gasteiger partial charge on any atom is 0.259 e. The fourth-order valence-electron chi connectivity index (χ4n) is 4.11. The number of nitrogens with zero attached hydrogens (tertiary/aromatic N) is 3. The fraction of sp³-hybridized carbons (Fsp3) is 0.450. The summed E-state index contributed by atoms with van der Waals surface area (Å²) in [7, 11) is 0. The molecule has 5 nitrogen and oxygen atoms in total. The SMILES string of the molecule is CC[C@H]1c2ccsc2CCN1C(=O)c1cc(C2CC2)nc2onc(C)c12. The highest BCUT2D eigenvalue weighted by Gasteiger charge is 2.34. The lowest BCUT2D eigenvalue weighted by Gasteiger charge is -2.35. The lowest BCUT2D eigenvalue weighted by molar-refractivity contribution is 0.0659. The number of carbonyl (C=O) groups excluding carboxylic acids is 1. The molecule has 6 heteroatoms. The third kappa shape index (κ3) is 2.39. The summed E-state index contributed by atoms with van der Waals surface area (Å²) in [6.45, 7) is 4.80. The Morgan fingerprint density at radius 1 is 1.42 bits per heavy atom. The van der Waals surface area contributed by atoms with E-state index in [2.05, 4.69) is 28.5 Å². The van der Waals surface area contributed by atoms with Gasteiger partial charge >= 0.3 is 0 Å². The van der Waals surface area contributed by atoms with E-state index >= 15 is 0 Å². The molecule has 1 saturated carbocycles. The molecule has 0 saturated heterocycles. The molecule has 3 aromatic heterocycles. The van der Waals surface area contributed by atoms with Gasteiger partial charge in [-0.15, -0.1) is 11.3 Å². The van der Waals surface area contributed by atoms with Crippen LogP contribution in [0, 0.1) is 6.92 Å². The summed E-state index contributed by atoms with van der Waals surface area (Å²) in [6.07, 6.45) is 4.13. The van der Waals surface area contributed by atoms with Crippen LogP contribution in [0.4, 0.5) is 0 Å². The Balaban J connectivity index is 1.61. The Hall–Kier alpha value is -2.21. The van der Waals surface area contributed by atoms with Crippen molar-refractivity contribution in [3.8, 4) is 0 Å². The van der Waals surface area contributed by atoms with E-state index in [-0.39, 0.29) is 11.9 Å². The summed E-state index contributed by atoms with van der Waals surface area (Å²) in [5.41, 5.74) is 4.22. The third-order valence-corrected chi connectivity index (χ3v) is 6.60. The zero-order valence-electron chi connectivity index (χ0n) is 15.0. The number of pyridine rings is 1. The van der Waals surface area contributed by atoms with E-state index in [1.807, 2.05) is 17.9 Å². The minimum atomic E-state index is 0.0781. The van der Waals surface area contributed by atoms with Gasteiger partial charge in [0, 0.05) is 23.0 Å². The number of aromatic nitrogens is 2. The first-order valence-corrected chi connectivity index (χ1v) is 10.2. The highest BCUT2D eigenvalue weighted by Crippen LogP contribution is 2.41. The Kier molecular flexibility index (Phi) is 3.64. The minimum Gasteiger partial charge on any atom is -0.336 e. The standard InChI is InChI=1S/C20H21N3O2S/c1-3-16-13-7-9-26-17(13)6-8-23(16)20(24)14-10-15(12-4-5-12)21-19-18(14)11(2)22-25-19/h7,9-10,12,16H,3-6,8H2,1-2H3/t16-/m0/s1. The molecule has 0 spiro atoms. The van der Waals surface area contributed by atoms with Crippen LogP contribution >= 0.6 is 11.3 Å². The van der Waals surface area contributed by atoms with Crippen molar-refractivity contribution in [3.63, 3.8) is 0 Å². The van der Waals surface area contributed by atoms with Crippen LogP contribution < -0.4 is 0 Å². The molecule has 2 aliphatic rings. The summed E-state index contributed by atoms with van der Waals surface area (Å²) in [5, 5.41) is 6.97. The average molecular weight is 367 g/mol. The zero-order valence-corrected chi connectivity index (χ0v) is 15.8. The molecule has 1 amide bonds. The Morgan fingerprint density at radius 2 is 2.27 bits per heavy atom. The Bertz CT molecular complexity index is 1000. The molecule has 0 N–H and O–H groups in total. The van der Waals surface area contributed by atoms with Gasteiger partial charge in [-0.1, -0.05) is 12.1 Å². The number of thiophene rings is 1. The lowest BCUT2D eigenvalue weighted by Crippen LogP contribution is -2.39. The molecule has 5 rings (SSSR count). The van der Waals surface area contributed by atoms with Gasteiger partial charge in [-0.05, 0) is 55.7 Å². The maximum atomic E-state index is 13.6. The van der Waals surface area contributed by atoms with Crippen LogP contribution in [0.2, 0.25) is 0 Å². The summed E-state index contributed by atoms with van der Waals surface area (Å²) >= 11 is 1.80. The molecule has 134 valence electrons. The second-order valence-corrected chi connectivity index (χ2v) is 8.29. The number of hydrogen-bond donors (Lipinski definition) is 0. The quantitative estimate of drug-likeness (QED) is 0.678. The lowest BCUT2D eigenvalue weighted by atomic mass is 9.96. The van der Waals surface area contributed by atoms with Crippen molar-refractivity contribution in [3.05, 3.63) is 44.9 Å². The van der Waals surface area contributed by atoms with Crippen LogP contribution in [0.5, 0.6) is 0 Å². The molecule has 1 aliphatic carbocycles. The number of fused-ring (bicyclic) bond motifs is 2. The molecular weight excluding hydrogens is 346 g/mol. The number of amides is 1. The summed E-state index contributed by atoms with van der Waals surface area (Å²) < 4.78 is 5.41. The van der Waals surface area contributed by atoms with Crippen molar-refractivity contribution < 1.29 is 9.32 Å². The molecule has 26 heavy (non-hydrogen) atoms. The first-order chi connectivity index (χ1) is 12.7. The summed E-state index contributed by atoms with van der Waals surface area (Å²) in [5.74, 6) is 0.539. The van der Waals surface area contributed by atoms with E-state index in [9.17, 15) is 4.79 Å². The molecule has 0 bridgehead atoms. The van der Waals surface area contributed by atoms with Crippen molar-refractivity contribution in [2.45, 2.75) is 51.5 Å². The maximum absolute atomic E-state index is 13.6. The van der Waals surface area contributed by atoms with Crippen molar-refractivity contribution in [1.82, 2.24) is 15.0 Å². The first kappa shape index (κ1) is 16.0. The molecule has 1 fully saturated rings. The second-order valence-electron chi connectivity index (χ2n) is 7.29. The van der Waals surface area contributed by atoms with Crippen LogP contribution in [-0.2, 0) is 6.42 Å². The van der Waals surface area contributed by atoms with Gasteiger partial charge in [-0.25, -0.2) is 4.98 Å². The van der Waals surface area contributed by atoms with Crippen LogP contribution in [0.3, 0.4) is 0 Å². The van der Waals surface area contributed by atoms with E-state index in [0.717, 1.165) is 49.0 Å². The van der Waals surface area contributed by atoms with E-state index in [0.29, 0.717) is 17.2 Å². The van der Waals surface area contributed by atoms with E-state index in [4.69, 9.17) is 4.52 Å². The van der Waals surface area contributed by atoms with Crippen LogP contribution in [0.1, 0.15) is 70.3 Å². The molecule has 0 aromatic carbocycles. The van der Waals surface area contributed by atoms with Gasteiger partial charge in [0.1, 0.15) is 0 Å². The summed E-state index contributed by atoms with van der Waals surface area (Å²) in [4.78, 5) is 21.7. The Labute approximate surface area is 156 Å². The highest BCUT2D eigenvalue weighted by atomic mass is 32.1. The van der Waals surface area contributed by atoms with Gasteiger partial charge in [0.25, 0.3) is 11.6 Å². The molecule has 1 atom stereocenters. The molecule has 3 aromatic rings. The van der Waals surface area contributed by atoms with Gasteiger partial charge in [-0.2, -0.15) is 0 Å². The van der Waals surface area contributed by atoms with Crippen molar-refractivity contribution in [2.75, 3.05) is 6.54 Å².